The summed E-state index contributed by atoms with van der Waals surface area (Å²) in [5.74, 6) is -0.308. The lowest BCUT2D eigenvalue weighted by Gasteiger charge is -2.17. The van der Waals surface area contributed by atoms with Crippen molar-refractivity contribution in [2.75, 3.05) is 43.9 Å². The molecule has 0 unspecified atom stereocenters. The Balaban J connectivity index is 1.56. The van der Waals surface area contributed by atoms with E-state index in [0.29, 0.717) is 24.2 Å². The van der Waals surface area contributed by atoms with Crippen molar-refractivity contribution in [2.45, 2.75) is 17.7 Å². The molecular formula is C23H30N4O5S2. The number of nitrogens with one attached hydrogen (secondary N) is 2. The van der Waals surface area contributed by atoms with Crippen molar-refractivity contribution in [1.82, 2.24) is 9.03 Å². The summed E-state index contributed by atoms with van der Waals surface area (Å²) < 4.78 is 52.7. The van der Waals surface area contributed by atoms with Gasteiger partial charge in [-0.1, -0.05) is 18.7 Å². The van der Waals surface area contributed by atoms with Crippen molar-refractivity contribution in [2.24, 2.45) is 5.92 Å². The second-order valence-corrected chi connectivity index (χ2v) is 12.0. The maximum atomic E-state index is 13.0. The van der Waals surface area contributed by atoms with Crippen LogP contribution in [0.15, 0.2) is 65.4 Å². The monoisotopic (exact) mass is 506 g/mol. The highest BCUT2D eigenvalue weighted by Crippen LogP contribution is 2.24. The van der Waals surface area contributed by atoms with E-state index in [9.17, 15) is 21.6 Å². The van der Waals surface area contributed by atoms with Crippen molar-refractivity contribution >= 4 is 37.3 Å². The first-order chi connectivity index (χ1) is 16.0. The van der Waals surface area contributed by atoms with Gasteiger partial charge in [0.2, 0.25) is 26.0 Å². The summed E-state index contributed by atoms with van der Waals surface area (Å²) in [6.07, 6.45) is 0.678. The molecule has 0 aliphatic carbocycles. The van der Waals surface area contributed by atoms with Gasteiger partial charge in [0.05, 0.1) is 11.3 Å². The van der Waals surface area contributed by atoms with Crippen LogP contribution in [0.2, 0.25) is 0 Å². The summed E-state index contributed by atoms with van der Waals surface area (Å²) in [5.41, 5.74) is 2.41. The average Bonchev–Trinajstić information content (AvgIpc) is 3.29. The van der Waals surface area contributed by atoms with Gasteiger partial charge in [0.1, 0.15) is 0 Å². The van der Waals surface area contributed by atoms with E-state index in [1.54, 1.807) is 12.1 Å². The van der Waals surface area contributed by atoms with E-state index in [0.717, 1.165) is 11.1 Å². The lowest BCUT2D eigenvalue weighted by molar-refractivity contribution is -0.115. The number of hydrogen-bond acceptors (Lipinski definition) is 6. The van der Waals surface area contributed by atoms with E-state index in [2.05, 4.69) is 16.6 Å². The highest BCUT2D eigenvalue weighted by atomic mass is 32.2. The summed E-state index contributed by atoms with van der Waals surface area (Å²) in [6.45, 7) is 3.96. The average molecular weight is 507 g/mol. The zero-order valence-electron chi connectivity index (χ0n) is 19.3. The Kier molecular flexibility index (Phi) is 8.13. The van der Waals surface area contributed by atoms with E-state index in [1.807, 2.05) is 43.3 Å². The van der Waals surface area contributed by atoms with Gasteiger partial charge in [-0.05, 0) is 54.3 Å². The van der Waals surface area contributed by atoms with Gasteiger partial charge in [-0.15, -0.1) is 0 Å². The molecule has 0 radical (unpaired) electrons. The minimum atomic E-state index is -3.70. The summed E-state index contributed by atoms with van der Waals surface area (Å²) >= 11 is 0. The fourth-order valence-electron chi connectivity index (χ4n) is 3.64. The molecule has 1 heterocycles. The second-order valence-electron chi connectivity index (χ2n) is 8.39. The van der Waals surface area contributed by atoms with E-state index in [4.69, 9.17) is 0 Å². The van der Waals surface area contributed by atoms with Gasteiger partial charge in [0, 0.05) is 50.5 Å². The van der Waals surface area contributed by atoms with Crippen LogP contribution in [0.4, 0.5) is 11.4 Å². The van der Waals surface area contributed by atoms with Crippen LogP contribution in [0.25, 0.3) is 0 Å². The zero-order valence-corrected chi connectivity index (χ0v) is 20.9. The molecule has 2 aromatic rings. The second kappa shape index (κ2) is 10.7. The number of carbonyl (C=O) groups is 1. The van der Waals surface area contributed by atoms with Crippen molar-refractivity contribution in [3.05, 3.63) is 66.1 Å². The number of sulfonamides is 2. The Morgan fingerprint density at radius 2 is 1.74 bits per heavy atom. The van der Waals surface area contributed by atoms with Crippen LogP contribution in [0.5, 0.6) is 0 Å². The van der Waals surface area contributed by atoms with Gasteiger partial charge in [-0.25, -0.2) is 21.6 Å². The standard InChI is InChI=1S/C23H30N4O5S2/c1-4-33(29,30)24-16-19-13-14-27(17-19)34(31,32)22-11-5-18(6-12-22)15-23(28)25-20-7-9-21(10-8-20)26(2)3/h4-12,19,24H,1,13-17H2,2-3H3,(H,25,28)/t19-/m1/s1. The molecule has 3 rings (SSSR count). The van der Waals surface area contributed by atoms with Crippen molar-refractivity contribution < 1.29 is 21.6 Å². The highest BCUT2D eigenvalue weighted by Gasteiger charge is 2.32. The molecular weight excluding hydrogens is 476 g/mol. The Bertz CT molecular complexity index is 1230. The van der Waals surface area contributed by atoms with E-state index in [-0.39, 0.29) is 36.2 Å². The minimum absolute atomic E-state index is 0.112. The van der Waals surface area contributed by atoms with Gasteiger partial charge in [0.25, 0.3) is 0 Å². The molecule has 1 aliphatic rings. The van der Waals surface area contributed by atoms with Gasteiger partial charge < -0.3 is 10.2 Å². The smallest absolute Gasteiger partial charge is 0.243 e. The fraction of sp³-hybridized carbons (Fsp3) is 0.348. The summed E-state index contributed by atoms with van der Waals surface area (Å²) in [6, 6.07) is 13.7. The van der Waals surface area contributed by atoms with E-state index in [1.165, 1.54) is 16.4 Å². The topological polar surface area (TPSA) is 116 Å². The molecule has 0 aromatic heterocycles. The lowest BCUT2D eigenvalue weighted by atomic mass is 10.1. The van der Waals surface area contributed by atoms with Crippen molar-refractivity contribution in [3.63, 3.8) is 0 Å². The minimum Gasteiger partial charge on any atom is -0.378 e. The third kappa shape index (κ3) is 6.66. The lowest BCUT2D eigenvalue weighted by Crippen LogP contribution is -2.32. The number of carbonyl (C=O) groups excluding carboxylic acids is 1. The van der Waals surface area contributed by atoms with Crippen LogP contribution >= 0.6 is 0 Å². The Labute approximate surface area is 201 Å². The maximum absolute atomic E-state index is 13.0. The molecule has 11 heteroatoms. The van der Waals surface area contributed by atoms with Crippen molar-refractivity contribution in [1.29, 1.82) is 0 Å². The third-order valence-electron chi connectivity index (χ3n) is 5.63. The molecule has 184 valence electrons. The Hall–Kier alpha value is -2.73. The van der Waals surface area contributed by atoms with Crippen LogP contribution in [0.3, 0.4) is 0 Å². The quantitative estimate of drug-likeness (QED) is 0.509. The van der Waals surface area contributed by atoms with Gasteiger partial charge in [-0.2, -0.15) is 4.31 Å². The SMILES string of the molecule is C=CS(=O)(=O)NC[C@H]1CCN(S(=O)(=O)c2ccc(CC(=O)Nc3ccc(N(C)C)cc3)cc2)C1. The Morgan fingerprint density at radius 1 is 1.09 bits per heavy atom. The Morgan fingerprint density at radius 3 is 2.32 bits per heavy atom. The predicted octanol–water partition coefficient (Wildman–Crippen LogP) is 2.01. The number of anilines is 2. The third-order valence-corrected chi connectivity index (χ3v) is 8.52. The van der Waals surface area contributed by atoms with Crippen LogP contribution < -0.4 is 14.9 Å². The van der Waals surface area contributed by atoms with Crippen LogP contribution in [-0.2, 0) is 31.3 Å². The molecule has 0 spiro atoms. The molecule has 1 amide bonds. The predicted molar refractivity (Wildman–Crippen MR) is 134 cm³/mol. The molecule has 0 saturated carbocycles. The van der Waals surface area contributed by atoms with Crippen LogP contribution in [0, 0.1) is 5.92 Å². The molecule has 1 atom stereocenters. The molecule has 1 aliphatic heterocycles. The fourth-order valence-corrected chi connectivity index (χ4v) is 5.75. The van der Waals surface area contributed by atoms with Crippen LogP contribution in [-0.4, -0.2) is 60.8 Å². The first-order valence-corrected chi connectivity index (χ1v) is 13.8. The number of rotatable bonds is 10. The molecule has 1 fully saturated rings. The number of nitrogens with zero attached hydrogens (tertiary/aromatic N) is 2. The first kappa shape index (κ1) is 25.9. The van der Waals surface area contributed by atoms with Gasteiger partial charge in [-0.3, -0.25) is 4.79 Å². The van der Waals surface area contributed by atoms with Gasteiger partial charge >= 0.3 is 0 Å². The largest absolute Gasteiger partial charge is 0.378 e. The normalized spacial score (nSPS) is 16.8. The van der Waals surface area contributed by atoms with E-state index < -0.39 is 20.0 Å². The molecule has 9 nitrogen and oxygen atoms in total. The molecule has 2 aromatic carbocycles. The summed E-state index contributed by atoms with van der Waals surface area (Å²) in [5, 5.41) is 3.67. The number of hydrogen-bond donors (Lipinski definition) is 2. The number of benzene rings is 2. The highest BCUT2D eigenvalue weighted by molar-refractivity contribution is 7.92. The maximum Gasteiger partial charge on any atom is 0.243 e. The molecule has 34 heavy (non-hydrogen) atoms. The molecule has 1 saturated heterocycles. The van der Waals surface area contributed by atoms with Gasteiger partial charge in [0.15, 0.2) is 0 Å². The summed E-state index contributed by atoms with van der Waals surface area (Å²) in [7, 11) is -3.37. The first-order valence-electron chi connectivity index (χ1n) is 10.8. The van der Waals surface area contributed by atoms with Crippen LogP contribution in [0.1, 0.15) is 12.0 Å². The summed E-state index contributed by atoms with van der Waals surface area (Å²) in [4.78, 5) is 14.5. The van der Waals surface area contributed by atoms with Crippen molar-refractivity contribution in [3.8, 4) is 0 Å². The number of amides is 1. The zero-order chi connectivity index (χ0) is 24.9. The molecule has 0 bridgehead atoms. The molecule has 2 N–H and O–H groups in total. The van der Waals surface area contributed by atoms with E-state index >= 15 is 0 Å².